The van der Waals surface area contributed by atoms with E-state index in [2.05, 4.69) is 0 Å². The van der Waals surface area contributed by atoms with Crippen LogP contribution in [-0.2, 0) is 14.3 Å². The average Bonchev–Trinajstić information content (AvgIpc) is 2.41. The number of ketones is 1. The smallest absolute Gasteiger partial charge is 0.322 e. The molecule has 1 saturated heterocycles. The van der Waals surface area contributed by atoms with Crippen molar-refractivity contribution in [2.24, 2.45) is 0 Å². The Kier molecular flexibility index (Phi) is 2.74. The SMILES string of the molecule is Cc1ccc(Cl)cc1C1C(=O)OC(C)(C)C1=O. The van der Waals surface area contributed by atoms with Crippen LogP contribution in [0.3, 0.4) is 0 Å². The van der Waals surface area contributed by atoms with Crippen molar-refractivity contribution in [3.05, 3.63) is 34.3 Å². The van der Waals surface area contributed by atoms with E-state index in [4.69, 9.17) is 16.3 Å². The number of benzene rings is 1. The lowest BCUT2D eigenvalue weighted by molar-refractivity contribution is -0.148. The van der Waals surface area contributed by atoms with E-state index in [0.29, 0.717) is 10.6 Å². The first-order chi connectivity index (χ1) is 7.83. The number of aryl methyl sites for hydroxylation is 1. The summed E-state index contributed by atoms with van der Waals surface area (Å²) in [6.45, 7) is 5.05. The van der Waals surface area contributed by atoms with Gasteiger partial charge in [-0.3, -0.25) is 9.59 Å². The van der Waals surface area contributed by atoms with E-state index in [-0.39, 0.29) is 5.78 Å². The Balaban J connectivity index is 2.51. The zero-order chi connectivity index (χ0) is 12.8. The molecular formula is C13H13ClO3. The maximum Gasteiger partial charge on any atom is 0.322 e. The van der Waals surface area contributed by atoms with Gasteiger partial charge < -0.3 is 4.74 Å². The normalized spacial score (nSPS) is 22.7. The van der Waals surface area contributed by atoms with Crippen molar-refractivity contribution < 1.29 is 14.3 Å². The van der Waals surface area contributed by atoms with Crippen LogP contribution in [0.5, 0.6) is 0 Å². The number of Topliss-reactive ketones (excluding diaryl/α,β-unsaturated/α-hetero) is 1. The Labute approximate surface area is 105 Å². The molecule has 0 N–H and O–H groups in total. The minimum atomic E-state index is -1.05. The van der Waals surface area contributed by atoms with Crippen LogP contribution < -0.4 is 0 Å². The molecule has 0 aliphatic carbocycles. The van der Waals surface area contributed by atoms with E-state index in [1.807, 2.05) is 6.92 Å². The number of ether oxygens (including phenoxy) is 1. The average molecular weight is 253 g/mol. The summed E-state index contributed by atoms with van der Waals surface area (Å²) in [5, 5.41) is 0.510. The van der Waals surface area contributed by atoms with E-state index < -0.39 is 17.5 Å². The number of carbonyl (C=O) groups is 2. The summed E-state index contributed by atoms with van der Waals surface area (Å²) in [5.41, 5.74) is 0.455. The Bertz CT molecular complexity index is 505. The predicted octanol–water partition coefficient (Wildman–Crippen LogP) is 2.64. The Morgan fingerprint density at radius 1 is 1.29 bits per heavy atom. The Hall–Kier alpha value is -1.35. The molecule has 1 heterocycles. The summed E-state index contributed by atoms with van der Waals surface area (Å²) >= 11 is 5.90. The van der Waals surface area contributed by atoms with Gasteiger partial charge in [-0.25, -0.2) is 0 Å². The lowest BCUT2D eigenvalue weighted by atomic mass is 9.87. The monoisotopic (exact) mass is 252 g/mol. The van der Waals surface area contributed by atoms with E-state index in [1.165, 1.54) is 0 Å². The number of rotatable bonds is 1. The highest BCUT2D eigenvalue weighted by atomic mass is 35.5. The van der Waals surface area contributed by atoms with Gasteiger partial charge in [0.25, 0.3) is 0 Å². The molecule has 1 unspecified atom stereocenters. The minimum absolute atomic E-state index is 0.215. The van der Waals surface area contributed by atoms with Crippen LogP contribution >= 0.6 is 11.6 Å². The molecule has 0 bridgehead atoms. The summed E-state index contributed by atoms with van der Waals surface area (Å²) in [6.07, 6.45) is 0. The molecule has 0 saturated carbocycles. The van der Waals surface area contributed by atoms with Crippen molar-refractivity contribution in [2.45, 2.75) is 32.3 Å². The molecule has 0 spiro atoms. The molecule has 2 rings (SSSR count). The van der Waals surface area contributed by atoms with Gasteiger partial charge >= 0.3 is 5.97 Å². The van der Waals surface area contributed by atoms with Crippen LogP contribution in [-0.4, -0.2) is 17.4 Å². The summed E-state index contributed by atoms with van der Waals surface area (Å²) in [5.74, 6) is -1.55. The molecule has 17 heavy (non-hydrogen) atoms. The Morgan fingerprint density at radius 2 is 1.94 bits per heavy atom. The first-order valence-electron chi connectivity index (χ1n) is 5.36. The van der Waals surface area contributed by atoms with E-state index in [1.54, 1.807) is 32.0 Å². The molecule has 1 aromatic rings. The summed E-state index contributed by atoms with van der Waals surface area (Å²) in [6, 6.07) is 5.18. The largest absolute Gasteiger partial charge is 0.451 e. The Morgan fingerprint density at radius 3 is 2.47 bits per heavy atom. The van der Waals surface area contributed by atoms with Crippen molar-refractivity contribution in [2.75, 3.05) is 0 Å². The van der Waals surface area contributed by atoms with Gasteiger partial charge in [-0.1, -0.05) is 17.7 Å². The van der Waals surface area contributed by atoms with E-state index in [9.17, 15) is 9.59 Å². The molecule has 1 aliphatic heterocycles. The minimum Gasteiger partial charge on any atom is -0.451 e. The van der Waals surface area contributed by atoms with Crippen LogP contribution in [0.15, 0.2) is 18.2 Å². The van der Waals surface area contributed by atoms with Crippen molar-refractivity contribution in [3.63, 3.8) is 0 Å². The molecule has 90 valence electrons. The lowest BCUT2D eigenvalue weighted by Crippen LogP contribution is -2.29. The second kappa shape index (κ2) is 3.84. The molecule has 1 aromatic carbocycles. The van der Waals surface area contributed by atoms with Crippen LogP contribution in [0.4, 0.5) is 0 Å². The van der Waals surface area contributed by atoms with Gasteiger partial charge in [0.05, 0.1) is 0 Å². The maximum absolute atomic E-state index is 12.1. The standard InChI is InChI=1S/C13H13ClO3/c1-7-4-5-8(14)6-9(7)10-11(15)13(2,3)17-12(10)16/h4-6,10H,1-3H3. The van der Waals surface area contributed by atoms with Crippen LogP contribution in [0, 0.1) is 6.92 Å². The maximum atomic E-state index is 12.1. The fourth-order valence-electron chi connectivity index (χ4n) is 2.01. The third-order valence-corrected chi connectivity index (χ3v) is 3.23. The fourth-order valence-corrected chi connectivity index (χ4v) is 2.19. The molecule has 0 aromatic heterocycles. The number of hydrogen-bond acceptors (Lipinski definition) is 3. The van der Waals surface area contributed by atoms with Gasteiger partial charge in [-0.15, -0.1) is 0 Å². The van der Waals surface area contributed by atoms with Gasteiger partial charge in [-0.2, -0.15) is 0 Å². The number of esters is 1. The highest BCUT2D eigenvalue weighted by molar-refractivity contribution is 6.30. The van der Waals surface area contributed by atoms with E-state index in [0.717, 1.165) is 5.56 Å². The van der Waals surface area contributed by atoms with Crippen molar-refractivity contribution in [1.82, 2.24) is 0 Å². The highest BCUT2D eigenvalue weighted by Gasteiger charge is 2.50. The molecule has 4 heteroatoms. The summed E-state index contributed by atoms with van der Waals surface area (Å²) < 4.78 is 5.09. The molecule has 1 atom stereocenters. The molecule has 1 fully saturated rings. The second-order valence-electron chi connectivity index (χ2n) is 4.73. The summed E-state index contributed by atoms with van der Waals surface area (Å²) in [7, 11) is 0. The van der Waals surface area contributed by atoms with Gasteiger partial charge in [0.1, 0.15) is 5.92 Å². The van der Waals surface area contributed by atoms with Gasteiger partial charge in [0, 0.05) is 5.02 Å². The van der Waals surface area contributed by atoms with E-state index >= 15 is 0 Å². The van der Waals surface area contributed by atoms with Crippen molar-refractivity contribution in [1.29, 1.82) is 0 Å². The topological polar surface area (TPSA) is 43.4 Å². The first kappa shape index (κ1) is 12.1. The second-order valence-corrected chi connectivity index (χ2v) is 5.17. The quantitative estimate of drug-likeness (QED) is 0.570. The van der Waals surface area contributed by atoms with Crippen molar-refractivity contribution >= 4 is 23.4 Å². The van der Waals surface area contributed by atoms with Crippen LogP contribution in [0.1, 0.15) is 30.9 Å². The van der Waals surface area contributed by atoms with Gasteiger partial charge in [-0.05, 0) is 44.0 Å². The molecule has 0 amide bonds. The number of carbonyl (C=O) groups excluding carboxylic acids is 2. The molecule has 0 radical (unpaired) electrons. The number of halogens is 1. The zero-order valence-corrected chi connectivity index (χ0v) is 10.7. The third-order valence-electron chi connectivity index (χ3n) is 3.00. The van der Waals surface area contributed by atoms with Gasteiger partial charge in [0.15, 0.2) is 11.4 Å². The molecular weight excluding hydrogens is 240 g/mol. The zero-order valence-electron chi connectivity index (χ0n) is 9.91. The molecule has 1 aliphatic rings. The van der Waals surface area contributed by atoms with Crippen LogP contribution in [0.25, 0.3) is 0 Å². The van der Waals surface area contributed by atoms with Gasteiger partial charge in [0.2, 0.25) is 0 Å². The lowest BCUT2D eigenvalue weighted by Gasteiger charge is -2.13. The molecule has 3 nitrogen and oxygen atoms in total. The third kappa shape index (κ3) is 1.95. The number of cyclic esters (lactones) is 1. The summed E-state index contributed by atoms with van der Waals surface area (Å²) in [4.78, 5) is 23.9. The predicted molar refractivity (Wildman–Crippen MR) is 64.1 cm³/mol. The first-order valence-corrected chi connectivity index (χ1v) is 5.74. The van der Waals surface area contributed by atoms with Crippen LogP contribution in [0.2, 0.25) is 5.02 Å². The van der Waals surface area contributed by atoms with Crippen molar-refractivity contribution in [3.8, 4) is 0 Å². The number of hydrogen-bond donors (Lipinski definition) is 0. The fraction of sp³-hybridized carbons (Fsp3) is 0.385. The highest BCUT2D eigenvalue weighted by Crippen LogP contribution is 2.36.